The average Bonchev–Trinajstić information content (AvgIpc) is 3.18. The molecule has 2 aromatic rings. The second kappa shape index (κ2) is 4.56. The first kappa shape index (κ1) is 10.3. The zero-order valence-corrected chi connectivity index (χ0v) is 9.49. The fraction of sp³-hybridized carbons (Fsp3) is 0.125. The molecule has 2 aromatic carbocycles. The molecule has 1 aliphatic rings. The number of ether oxygens (including phenoxy) is 1. The van der Waals surface area contributed by atoms with E-state index in [1.54, 1.807) is 0 Å². The van der Waals surface area contributed by atoms with E-state index in [0.29, 0.717) is 0 Å². The number of hydrogen-bond acceptors (Lipinski definition) is 1. The Morgan fingerprint density at radius 2 is 1.47 bits per heavy atom. The third kappa shape index (κ3) is 2.45. The summed E-state index contributed by atoms with van der Waals surface area (Å²) >= 11 is 0. The predicted octanol–water partition coefficient (Wildman–Crippen LogP) is 3.84. The zero-order valence-electron chi connectivity index (χ0n) is 9.49. The molecule has 0 amide bonds. The van der Waals surface area contributed by atoms with E-state index < -0.39 is 0 Å². The van der Waals surface area contributed by atoms with Gasteiger partial charge >= 0.3 is 0 Å². The average molecular weight is 222 g/mol. The molecule has 0 saturated carbocycles. The highest BCUT2D eigenvalue weighted by molar-refractivity contribution is 5.50. The lowest BCUT2D eigenvalue weighted by atomic mass is 10.1. The van der Waals surface area contributed by atoms with Gasteiger partial charge in [0.05, 0.1) is 0 Å². The van der Waals surface area contributed by atoms with E-state index in [1.807, 2.05) is 24.3 Å². The maximum Gasteiger partial charge on any atom is 0.113 e. The van der Waals surface area contributed by atoms with Gasteiger partial charge in [0.1, 0.15) is 12.2 Å². The van der Waals surface area contributed by atoms with Crippen LogP contribution in [-0.4, -0.2) is 6.10 Å². The summed E-state index contributed by atoms with van der Waals surface area (Å²) in [4.78, 5) is 0. The van der Waals surface area contributed by atoms with Crippen LogP contribution in [0.15, 0.2) is 66.7 Å². The van der Waals surface area contributed by atoms with Crippen molar-refractivity contribution in [3.63, 3.8) is 0 Å². The Morgan fingerprint density at radius 1 is 0.824 bits per heavy atom. The molecule has 1 fully saturated rings. The van der Waals surface area contributed by atoms with Crippen LogP contribution in [0.2, 0.25) is 0 Å². The number of rotatable bonds is 3. The summed E-state index contributed by atoms with van der Waals surface area (Å²) in [5.74, 6) is 0. The Kier molecular flexibility index (Phi) is 2.76. The monoisotopic (exact) mass is 222 g/mol. The van der Waals surface area contributed by atoms with Crippen molar-refractivity contribution in [2.24, 2.45) is 0 Å². The summed E-state index contributed by atoms with van der Waals surface area (Å²) in [5, 5.41) is 0. The summed E-state index contributed by atoms with van der Waals surface area (Å²) in [7, 11) is 0. The van der Waals surface area contributed by atoms with Crippen LogP contribution in [0.3, 0.4) is 0 Å². The maximum absolute atomic E-state index is 5.64. The molecule has 1 unspecified atom stereocenters. The van der Waals surface area contributed by atoms with Crippen LogP contribution in [-0.2, 0) is 4.74 Å². The van der Waals surface area contributed by atoms with Gasteiger partial charge in [-0.25, -0.2) is 0 Å². The van der Waals surface area contributed by atoms with Gasteiger partial charge in [0.15, 0.2) is 0 Å². The van der Waals surface area contributed by atoms with Gasteiger partial charge in [-0.2, -0.15) is 0 Å². The number of hydrogen-bond donors (Lipinski definition) is 0. The fourth-order valence-electron chi connectivity index (χ4n) is 1.95. The smallest absolute Gasteiger partial charge is 0.113 e. The van der Waals surface area contributed by atoms with Gasteiger partial charge in [-0.15, -0.1) is 0 Å². The summed E-state index contributed by atoms with van der Waals surface area (Å²) in [5.41, 5.74) is 2.48. The third-order valence-electron chi connectivity index (χ3n) is 2.93. The van der Waals surface area contributed by atoms with E-state index in [0.717, 1.165) is 0 Å². The lowest BCUT2D eigenvalue weighted by molar-refractivity contribution is 0.394. The first-order valence-electron chi connectivity index (χ1n) is 5.87. The fourth-order valence-corrected chi connectivity index (χ4v) is 1.95. The van der Waals surface area contributed by atoms with Crippen LogP contribution in [0, 0.1) is 0 Å². The lowest BCUT2D eigenvalue weighted by Crippen LogP contribution is -1.83. The van der Waals surface area contributed by atoms with Crippen LogP contribution in [0.4, 0.5) is 0 Å². The molecule has 0 aromatic heterocycles. The van der Waals surface area contributed by atoms with Crippen molar-refractivity contribution in [1.82, 2.24) is 0 Å². The van der Waals surface area contributed by atoms with Gasteiger partial charge < -0.3 is 4.74 Å². The first-order chi connectivity index (χ1) is 8.43. The molecular formula is C16H14O. The van der Waals surface area contributed by atoms with Gasteiger partial charge in [0.2, 0.25) is 0 Å². The highest BCUT2D eigenvalue weighted by atomic mass is 16.6. The highest BCUT2D eigenvalue weighted by Gasteiger charge is 2.37. The van der Waals surface area contributed by atoms with Crippen molar-refractivity contribution in [1.29, 1.82) is 0 Å². The molecule has 1 heteroatoms. The summed E-state index contributed by atoms with van der Waals surface area (Å²) < 4.78 is 5.64. The van der Waals surface area contributed by atoms with Gasteiger partial charge in [0, 0.05) is 0 Å². The molecule has 84 valence electrons. The van der Waals surface area contributed by atoms with Gasteiger partial charge in [0.25, 0.3) is 0 Å². The molecule has 1 heterocycles. The number of benzene rings is 2. The lowest BCUT2D eigenvalue weighted by Gasteiger charge is -1.92. The van der Waals surface area contributed by atoms with Crippen molar-refractivity contribution >= 4 is 6.08 Å². The Hall–Kier alpha value is -1.86. The maximum atomic E-state index is 5.64. The highest BCUT2D eigenvalue weighted by Crippen LogP contribution is 2.39. The molecule has 3 rings (SSSR count). The van der Waals surface area contributed by atoms with E-state index in [2.05, 4.69) is 48.6 Å². The summed E-state index contributed by atoms with van der Waals surface area (Å²) in [6.07, 6.45) is 4.73. The molecule has 1 nitrogen and oxygen atoms in total. The second-order valence-electron chi connectivity index (χ2n) is 4.20. The van der Waals surface area contributed by atoms with Crippen LogP contribution >= 0.6 is 0 Å². The first-order valence-corrected chi connectivity index (χ1v) is 5.87. The van der Waals surface area contributed by atoms with Crippen molar-refractivity contribution in [3.8, 4) is 0 Å². The zero-order chi connectivity index (χ0) is 11.5. The minimum Gasteiger partial charge on any atom is -0.360 e. The molecular weight excluding hydrogens is 208 g/mol. The van der Waals surface area contributed by atoms with Crippen LogP contribution in [0.25, 0.3) is 6.08 Å². The van der Waals surface area contributed by atoms with Gasteiger partial charge in [-0.05, 0) is 11.1 Å². The molecule has 1 saturated heterocycles. The molecule has 0 radical (unpaired) electrons. The van der Waals surface area contributed by atoms with E-state index in [9.17, 15) is 0 Å². The predicted molar refractivity (Wildman–Crippen MR) is 69.5 cm³/mol. The molecule has 0 spiro atoms. The minimum atomic E-state index is 0.234. The molecule has 0 N–H and O–H groups in total. The van der Waals surface area contributed by atoms with Gasteiger partial charge in [-0.1, -0.05) is 72.8 Å². The van der Waals surface area contributed by atoms with Crippen LogP contribution in [0.5, 0.6) is 0 Å². The van der Waals surface area contributed by atoms with Crippen LogP contribution in [0.1, 0.15) is 17.2 Å². The van der Waals surface area contributed by atoms with E-state index in [1.165, 1.54) is 11.1 Å². The van der Waals surface area contributed by atoms with Gasteiger partial charge in [-0.3, -0.25) is 0 Å². The van der Waals surface area contributed by atoms with Crippen molar-refractivity contribution in [2.45, 2.75) is 12.2 Å². The Labute approximate surface area is 101 Å². The van der Waals surface area contributed by atoms with Crippen molar-refractivity contribution < 1.29 is 4.74 Å². The molecule has 17 heavy (non-hydrogen) atoms. The number of epoxide rings is 1. The Bertz CT molecular complexity index is 502. The normalized spacial score (nSPS) is 22.8. The van der Waals surface area contributed by atoms with E-state index in [4.69, 9.17) is 4.74 Å². The quantitative estimate of drug-likeness (QED) is 0.719. The summed E-state index contributed by atoms with van der Waals surface area (Å²) in [6.45, 7) is 0. The van der Waals surface area contributed by atoms with E-state index in [-0.39, 0.29) is 12.2 Å². The molecule has 0 bridgehead atoms. The largest absolute Gasteiger partial charge is 0.360 e. The standard InChI is InChI=1S/C16H14O/c1-3-7-13(8-4-1)11-12-15-16(17-15)14-9-5-2-6-10-14/h1-12,15-16H/b12-11+/t15?,16-/m1/s1. The van der Waals surface area contributed by atoms with E-state index >= 15 is 0 Å². The molecule has 2 atom stereocenters. The third-order valence-corrected chi connectivity index (χ3v) is 2.93. The minimum absolute atomic E-state index is 0.234. The molecule has 1 aliphatic heterocycles. The van der Waals surface area contributed by atoms with Crippen molar-refractivity contribution in [2.75, 3.05) is 0 Å². The second-order valence-corrected chi connectivity index (χ2v) is 4.20. The van der Waals surface area contributed by atoms with Crippen molar-refractivity contribution in [3.05, 3.63) is 77.9 Å². The Morgan fingerprint density at radius 3 is 2.18 bits per heavy atom. The van der Waals surface area contributed by atoms with Crippen LogP contribution < -0.4 is 0 Å². The molecule has 0 aliphatic carbocycles. The summed E-state index contributed by atoms with van der Waals surface area (Å²) in [6, 6.07) is 20.7. The Balaban J connectivity index is 1.65. The topological polar surface area (TPSA) is 12.5 Å². The SMILES string of the molecule is C(=C\C1O[C@@H]1c1ccccc1)/c1ccccc1.